The van der Waals surface area contributed by atoms with Gasteiger partial charge in [0.25, 0.3) is 0 Å². The number of rotatable bonds is 6. The molecule has 0 aliphatic heterocycles. The highest BCUT2D eigenvalue weighted by molar-refractivity contribution is 7.99. The highest BCUT2D eigenvalue weighted by Gasteiger charge is 2.16. The number of nitrogens with zero attached hydrogens (tertiary/aromatic N) is 1. The summed E-state index contributed by atoms with van der Waals surface area (Å²) in [5.41, 5.74) is 5.16. The molecule has 0 radical (unpaired) electrons. The number of hydrogen-bond donors (Lipinski definition) is 1. The Morgan fingerprint density at radius 1 is 1.31 bits per heavy atom. The molecule has 1 aliphatic rings. The van der Waals surface area contributed by atoms with Crippen LogP contribution in [0.15, 0.2) is 0 Å². The predicted octanol–water partition coefficient (Wildman–Crippen LogP) is 3.46. The van der Waals surface area contributed by atoms with Gasteiger partial charge in [-0.25, -0.2) is 0 Å². The van der Waals surface area contributed by atoms with Gasteiger partial charge in [0.15, 0.2) is 0 Å². The van der Waals surface area contributed by atoms with E-state index in [4.69, 9.17) is 11.0 Å². The van der Waals surface area contributed by atoms with Crippen molar-refractivity contribution < 1.29 is 0 Å². The largest absolute Gasteiger partial charge is 0.314 e. The van der Waals surface area contributed by atoms with Gasteiger partial charge in [-0.15, -0.1) is 0 Å². The third-order valence-electron chi connectivity index (χ3n) is 3.25. The summed E-state index contributed by atoms with van der Waals surface area (Å²) in [6.07, 6.45) is 10.2. The number of thioether (sulfide) groups is 1. The smallest absolute Gasteiger partial charge is 0.101 e. The van der Waals surface area contributed by atoms with Crippen LogP contribution in [0.3, 0.4) is 0 Å². The minimum atomic E-state index is -0.616. The second kappa shape index (κ2) is 7.19. The molecule has 1 fully saturated rings. The molecule has 1 aliphatic carbocycles. The molecule has 0 bridgehead atoms. The van der Waals surface area contributed by atoms with E-state index in [9.17, 15) is 0 Å². The highest BCUT2D eigenvalue weighted by Crippen LogP contribution is 2.28. The number of unbranched alkanes of at least 4 members (excludes halogenated alkanes) is 1. The summed E-state index contributed by atoms with van der Waals surface area (Å²) in [5, 5.41) is 9.69. The van der Waals surface area contributed by atoms with Crippen LogP contribution in [0, 0.1) is 11.3 Å². The Morgan fingerprint density at radius 2 is 2.00 bits per heavy atom. The van der Waals surface area contributed by atoms with Crippen molar-refractivity contribution in [1.29, 1.82) is 5.26 Å². The van der Waals surface area contributed by atoms with Gasteiger partial charge in [0.2, 0.25) is 0 Å². The first-order valence-corrected chi connectivity index (χ1v) is 7.51. The van der Waals surface area contributed by atoms with E-state index in [1.54, 1.807) is 0 Å². The van der Waals surface area contributed by atoms with Gasteiger partial charge >= 0.3 is 0 Å². The molecular weight excluding hydrogens is 216 g/mol. The highest BCUT2D eigenvalue weighted by atomic mass is 32.2. The first kappa shape index (κ1) is 13.9. The van der Waals surface area contributed by atoms with Gasteiger partial charge in [-0.3, -0.25) is 0 Å². The maximum absolute atomic E-state index is 8.77. The summed E-state index contributed by atoms with van der Waals surface area (Å²) >= 11 is 2.13. The molecule has 0 aromatic carbocycles. The second-order valence-corrected chi connectivity index (χ2v) is 6.53. The van der Waals surface area contributed by atoms with Gasteiger partial charge < -0.3 is 5.73 Å². The van der Waals surface area contributed by atoms with Crippen LogP contribution in [0.4, 0.5) is 0 Å². The van der Waals surface area contributed by atoms with Gasteiger partial charge in [0, 0.05) is 5.25 Å². The summed E-state index contributed by atoms with van der Waals surface area (Å²) in [6.45, 7) is 1.82. The number of hydrogen-bond acceptors (Lipinski definition) is 3. The Morgan fingerprint density at radius 3 is 2.62 bits per heavy atom. The van der Waals surface area contributed by atoms with Gasteiger partial charge in [0.05, 0.1) is 6.07 Å². The van der Waals surface area contributed by atoms with E-state index < -0.39 is 5.54 Å². The molecule has 0 heterocycles. The summed E-state index contributed by atoms with van der Waals surface area (Å²) in [4.78, 5) is 0. The van der Waals surface area contributed by atoms with E-state index in [0.717, 1.165) is 18.1 Å². The van der Waals surface area contributed by atoms with Crippen molar-refractivity contribution in [1.82, 2.24) is 0 Å². The van der Waals surface area contributed by atoms with Gasteiger partial charge in [-0.05, 0) is 44.8 Å². The quantitative estimate of drug-likeness (QED) is 0.723. The van der Waals surface area contributed by atoms with Crippen LogP contribution in [0.2, 0.25) is 0 Å². The van der Waals surface area contributed by atoms with E-state index in [-0.39, 0.29) is 0 Å². The number of nitrogens with two attached hydrogens (primary N) is 1. The Kier molecular flexibility index (Phi) is 6.23. The van der Waals surface area contributed by atoms with Crippen LogP contribution in [0.5, 0.6) is 0 Å². The van der Waals surface area contributed by atoms with Crippen molar-refractivity contribution in [3.63, 3.8) is 0 Å². The lowest BCUT2D eigenvalue weighted by molar-refractivity contribution is 0.511. The average Bonchev–Trinajstić information content (AvgIpc) is 2.30. The fraction of sp³-hybridized carbons (Fsp3) is 0.923. The fourth-order valence-electron chi connectivity index (χ4n) is 2.13. The monoisotopic (exact) mass is 240 g/mol. The maximum Gasteiger partial charge on any atom is 0.101 e. The van der Waals surface area contributed by atoms with Crippen LogP contribution in [-0.2, 0) is 0 Å². The summed E-state index contributed by atoms with van der Waals surface area (Å²) < 4.78 is 0. The maximum atomic E-state index is 8.77. The first-order valence-electron chi connectivity index (χ1n) is 6.46. The molecule has 92 valence electrons. The molecule has 2 nitrogen and oxygen atoms in total. The molecule has 0 spiro atoms. The van der Waals surface area contributed by atoms with Crippen LogP contribution < -0.4 is 5.73 Å². The normalized spacial score (nSPS) is 21.3. The lowest BCUT2D eigenvalue weighted by Crippen LogP contribution is -2.33. The average molecular weight is 240 g/mol. The van der Waals surface area contributed by atoms with E-state index in [1.165, 1.54) is 44.3 Å². The molecule has 0 amide bonds. The van der Waals surface area contributed by atoms with Crippen LogP contribution in [0.1, 0.15) is 58.3 Å². The lowest BCUT2D eigenvalue weighted by Gasteiger charge is -2.21. The van der Waals surface area contributed by atoms with Crippen molar-refractivity contribution in [2.75, 3.05) is 5.75 Å². The van der Waals surface area contributed by atoms with Crippen molar-refractivity contribution >= 4 is 11.8 Å². The molecule has 2 N–H and O–H groups in total. The van der Waals surface area contributed by atoms with Crippen LogP contribution in [-0.4, -0.2) is 16.5 Å². The topological polar surface area (TPSA) is 49.8 Å². The third-order valence-corrected chi connectivity index (χ3v) is 4.72. The van der Waals surface area contributed by atoms with E-state index in [1.807, 2.05) is 6.92 Å². The zero-order valence-electron chi connectivity index (χ0n) is 10.4. The van der Waals surface area contributed by atoms with Crippen molar-refractivity contribution in [3.05, 3.63) is 0 Å². The minimum Gasteiger partial charge on any atom is -0.314 e. The molecule has 0 aromatic rings. The molecule has 1 atom stereocenters. The van der Waals surface area contributed by atoms with Crippen molar-refractivity contribution in [2.24, 2.45) is 5.73 Å². The predicted molar refractivity (Wildman–Crippen MR) is 71.4 cm³/mol. The summed E-state index contributed by atoms with van der Waals surface area (Å²) in [7, 11) is 0. The standard InChI is InChI=1S/C13H24N2S/c1-13(15,11-14)9-5-6-10-16-12-7-3-2-4-8-12/h12H,2-10,15H2,1H3. The molecule has 1 rings (SSSR count). The molecule has 0 aromatic heterocycles. The Bertz CT molecular complexity index is 227. The van der Waals surface area contributed by atoms with E-state index >= 15 is 0 Å². The van der Waals surface area contributed by atoms with Gasteiger partial charge in [-0.2, -0.15) is 17.0 Å². The Balaban J connectivity index is 1.97. The molecule has 1 unspecified atom stereocenters. The summed E-state index contributed by atoms with van der Waals surface area (Å²) in [5.74, 6) is 1.24. The lowest BCUT2D eigenvalue weighted by atomic mass is 9.98. The van der Waals surface area contributed by atoms with Gasteiger partial charge in [-0.1, -0.05) is 19.3 Å². The first-order chi connectivity index (χ1) is 7.64. The Labute approximate surface area is 104 Å². The SMILES string of the molecule is CC(N)(C#N)CCCCSC1CCCCC1. The Hall–Kier alpha value is -0.200. The fourth-order valence-corrected chi connectivity index (χ4v) is 3.50. The summed E-state index contributed by atoms with van der Waals surface area (Å²) in [6, 6.07) is 2.15. The molecular formula is C13H24N2S. The van der Waals surface area contributed by atoms with Crippen LogP contribution >= 0.6 is 11.8 Å². The zero-order valence-corrected chi connectivity index (χ0v) is 11.2. The van der Waals surface area contributed by atoms with E-state index in [2.05, 4.69) is 17.8 Å². The molecule has 1 saturated carbocycles. The molecule has 3 heteroatoms. The van der Waals surface area contributed by atoms with Crippen molar-refractivity contribution in [3.8, 4) is 6.07 Å². The second-order valence-electron chi connectivity index (χ2n) is 5.12. The van der Waals surface area contributed by atoms with Gasteiger partial charge in [0.1, 0.15) is 5.54 Å². The third kappa shape index (κ3) is 5.77. The van der Waals surface area contributed by atoms with Crippen LogP contribution in [0.25, 0.3) is 0 Å². The molecule has 0 saturated heterocycles. The van der Waals surface area contributed by atoms with Crippen molar-refractivity contribution in [2.45, 2.75) is 69.1 Å². The van der Waals surface area contributed by atoms with E-state index in [0.29, 0.717) is 0 Å². The number of nitriles is 1. The minimum absolute atomic E-state index is 0.616. The molecule has 16 heavy (non-hydrogen) atoms. The zero-order chi connectivity index (χ0) is 11.9.